The number of aromatic nitrogens is 2. The van der Waals surface area contributed by atoms with Crippen LogP contribution in [0.4, 0.5) is 0 Å². The summed E-state index contributed by atoms with van der Waals surface area (Å²) in [6.07, 6.45) is 7.38. The van der Waals surface area contributed by atoms with Crippen LogP contribution in [0.5, 0.6) is 17.2 Å². The van der Waals surface area contributed by atoms with E-state index in [1.165, 1.54) is 12.8 Å². The summed E-state index contributed by atoms with van der Waals surface area (Å²) in [6, 6.07) is 7.99. The molecular formula is C16H21N3O2. The van der Waals surface area contributed by atoms with Crippen LogP contribution >= 0.6 is 0 Å². The Bertz CT molecular complexity index is 574. The van der Waals surface area contributed by atoms with Gasteiger partial charge >= 0.3 is 0 Å². The standard InChI is InChI=1S/C16H21N3O2/c1-20-14-6-4-7-15(9-14)21-16-11-18-19(12-16)13-5-2-3-8-17-10-13/h4,6-7,9,11-13,17H,2-3,5,8,10H2,1H3. The fourth-order valence-corrected chi connectivity index (χ4v) is 2.60. The largest absolute Gasteiger partial charge is 0.497 e. The van der Waals surface area contributed by atoms with Crippen LogP contribution in [0.25, 0.3) is 0 Å². The van der Waals surface area contributed by atoms with Gasteiger partial charge in [-0.25, -0.2) is 0 Å². The minimum atomic E-state index is 0.412. The molecule has 5 heteroatoms. The number of hydrogen-bond acceptors (Lipinski definition) is 4. The Morgan fingerprint density at radius 2 is 2.14 bits per heavy atom. The minimum Gasteiger partial charge on any atom is -0.497 e. The quantitative estimate of drug-likeness (QED) is 0.939. The average Bonchev–Trinajstić information content (AvgIpc) is 2.81. The van der Waals surface area contributed by atoms with Crippen molar-refractivity contribution in [3.63, 3.8) is 0 Å². The molecule has 1 aliphatic heterocycles. The molecule has 1 atom stereocenters. The van der Waals surface area contributed by atoms with E-state index >= 15 is 0 Å². The Balaban J connectivity index is 1.69. The van der Waals surface area contributed by atoms with Crippen molar-refractivity contribution < 1.29 is 9.47 Å². The third-order valence-corrected chi connectivity index (χ3v) is 3.75. The van der Waals surface area contributed by atoms with Gasteiger partial charge in [0.25, 0.3) is 0 Å². The zero-order valence-corrected chi connectivity index (χ0v) is 12.3. The summed E-state index contributed by atoms with van der Waals surface area (Å²) in [6.45, 7) is 2.07. The summed E-state index contributed by atoms with van der Waals surface area (Å²) in [7, 11) is 1.65. The molecule has 1 aromatic carbocycles. The third-order valence-electron chi connectivity index (χ3n) is 3.75. The first-order valence-corrected chi connectivity index (χ1v) is 7.42. The molecule has 0 amide bonds. The van der Waals surface area contributed by atoms with Gasteiger partial charge in [0.15, 0.2) is 5.75 Å². The highest BCUT2D eigenvalue weighted by Gasteiger charge is 2.15. The average molecular weight is 287 g/mol. The molecule has 0 spiro atoms. The van der Waals surface area contributed by atoms with Crippen LogP contribution in [-0.2, 0) is 0 Å². The number of ether oxygens (including phenoxy) is 2. The third kappa shape index (κ3) is 3.55. The first kappa shape index (κ1) is 13.9. The highest BCUT2D eigenvalue weighted by atomic mass is 16.5. The van der Waals surface area contributed by atoms with E-state index in [1.54, 1.807) is 13.3 Å². The molecule has 1 unspecified atom stereocenters. The molecule has 0 bridgehead atoms. The molecule has 112 valence electrons. The molecule has 21 heavy (non-hydrogen) atoms. The number of rotatable bonds is 4. The van der Waals surface area contributed by atoms with Gasteiger partial charge < -0.3 is 14.8 Å². The number of hydrogen-bond donors (Lipinski definition) is 1. The zero-order chi connectivity index (χ0) is 14.5. The Kier molecular flexibility index (Phi) is 4.40. The smallest absolute Gasteiger partial charge is 0.165 e. The molecule has 2 heterocycles. The van der Waals surface area contributed by atoms with Crippen molar-refractivity contribution in [2.75, 3.05) is 20.2 Å². The summed E-state index contributed by atoms with van der Waals surface area (Å²) in [5.41, 5.74) is 0. The highest BCUT2D eigenvalue weighted by Crippen LogP contribution is 2.26. The summed E-state index contributed by atoms with van der Waals surface area (Å²) in [4.78, 5) is 0. The van der Waals surface area contributed by atoms with Gasteiger partial charge in [-0.15, -0.1) is 0 Å². The van der Waals surface area contributed by atoms with Crippen LogP contribution in [0.2, 0.25) is 0 Å². The van der Waals surface area contributed by atoms with Crippen LogP contribution in [0.3, 0.4) is 0 Å². The molecule has 3 rings (SSSR count). The Labute approximate surface area is 124 Å². The van der Waals surface area contributed by atoms with E-state index in [2.05, 4.69) is 10.4 Å². The Morgan fingerprint density at radius 1 is 1.24 bits per heavy atom. The number of nitrogens with one attached hydrogen (secondary N) is 1. The minimum absolute atomic E-state index is 0.412. The second-order valence-electron chi connectivity index (χ2n) is 5.29. The van der Waals surface area contributed by atoms with Gasteiger partial charge in [0.1, 0.15) is 11.5 Å². The maximum atomic E-state index is 5.84. The molecule has 5 nitrogen and oxygen atoms in total. The van der Waals surface area contributed by atoms with Crippen LogP contribution < -0.4 is 14.8 Å². The van der Waals surface area contributed by atoms with E-state index in [0.717, 1.165) is 36.8 Å². The second-order valence-corrected chi connectivity index (χ2v) is 5.29. The molecule has 1 aromatic heterocycles. The molecule has 0 radical (unpaired) electrons. The SMILES string of the molecule is COc1cccc(Oc2cnn(C3CCCCNC3)c2)c1. The lowest BCUT2D eigenvalue weighted by Crippen LogP contribution is -2.23. The van der Waals surface area contributed by atoms with E-state index in [0.29, 0.717) is 6.04 Å². The molecule has 0 aliphatic carbocycles. The molecule has 1 fully saturated rings. The van der Waals surface area contributed by atoms with Gasteiger partial charge in [-0.05, 0) is 31.5 Å². The number of benzene rings is 1. The van der Waals surface area contributed by atoms with Crippen LogP contribution in [0.15, 0.2) is 36.7 Å². The zero-order valence-electron chi connectivity index (χ0n) is 12.3. The van der Waals surface area contributed by atoms with Gasteiger partial charge in [0, 0.05) is 12.6 Å². The predicted octanol–water partition coefficient (Wildman–Crippen LogP) is 3.00. The van der Waals surface area contributed by atoms with Crippen molar-refractivity contribution in [2.45, 2.75) is 25.3 Å². The predicted molar refractivity (Wildman–Crippen MR) is 81.1 cm³/mol. The maximum Gasteiger partial charge on any atom is 0.165 e. The van der Waals surface area contributed by atoms with E-state index in [9.17, 15) is 0 Å². The lowest BCUT2D eigenvalue weighted by molar-refractivity contribution is 0.407. The van der Waals surface area contributed by atoms with Crippen molar-refractivity contribution in [1.82, 2.24) is 15.1 Å². The van der Waals surface area contributed by atoms with Gasteiger partial charge in [0.05, 0.1) is 25.5 Å². The Hall–Kier alpha value is -2.01. The molecule has 1 aliphatic rings. The lowest BCUT2D eigenvalue weighted by atomic mass is 10.1. The first-order chi connectivity index (χ1) is 10.3. The summed E-state index contributed by atoms with van der Waals surface area (Å²) < 4.78 is 13.0. The fraction of sp³-hybridized carbons (Fsp3) is 0.438. The fourth-order valence-electron chi connectivity index (χ4n) is 2.60. The van der Waals surface area contributed by atoms with Crippen molar-refractivity contribution in [3.8, 4) is 17.2 Å². The van der Waals surface area contributed by atoms with Crippen molar-refractivity contribution in [1.29, 1.82) is 0 Å². The maximum absolute atomic E-state index is 5.84. The number of methoxy groups -OCH3 is 1. The lowest BCUT2D eigenvalue weighted by Gasteiger charge is -2.14. The topological polar surface area (TPSA) is 48.3 Å². The van der Waals surface area contributed by atoms with Gasteiger partial charge in [-0.2, -0.15) is 5.10 Å². The molecule has 0 saturated carbocycles. The van der Waals surface area contributed by atoms with E-state index in [4.69, 9.17) is 9.47 Å². The molecule has 2 aromatic rings. The summed E-state index contributed by atoms with van der Waals surface area (Å²) in [5.74, 6) is 2.30. The van der Waals surface area contributed by atoms with Crippen molar-refractivity contribution in [3.05, 3.63) is 36.7 Å². The van der Waals surface area contributed by atoms with Gasteiger partial charge in [0.2, 0.25) is 0 Å². The van der Waals surface area contributed by atoms with Crippen LogP contribution in [0, 0.1) is 0 Å². The Morgan fingerprint density at radius 3 is 3.05 bits per heavy atom. The number of nitrogens with zero attached hydrogens (tertiary/aromatic N) is 2. The molecular weight excluding hydrogens is 266 g/mol. The highest BCUT2D eigenvalue weighted by molar-refractivity contribution is 5.35. The summed E-state index contributed by atoms with van der Waals surface area (Å²) >= 11 is 0. The van der Waals surface area contributed by atoms with E-state index < -0.39 is 0 Å². The summed E-state index contributed by atoms with van der Waals surface area (Å²) in [5, 5.41) is 7.89. The van der Waals surface area contributed by atoms with Crippen LogP contribution in [0.1, 0.15) is 25.3 Å². The van der Waals surface area contributed by atoms with Gasteiger partial charge in [-0.1, -0.05) is 12.5 Å². The first-order valence-electron chi connectivity index (χ1n) is 7.42. The van der Waals surface area contributed by atoms with E-state index in [1.807, 2.05) is 35.1 Å². The van der Waals surface area contributed by atoms with Crippen LogP contribution in [-0.4, -0.2) is 30.0 Å². The molecule has 1 N–H and O–H groups in total. The van der Waals surface area contributed by atoms with Crippen molar-refractivity contribution >= 4 is 0 Å². The normalized spacial score (nSPS) is 19.0. The van der Waals surface area contributed by atoms with Gasteiger partial charge in [-0.3, -0.25) is 4.68 Å². The second kappa shape index (κ2) is 6.63. The van der Waals surface area contributed by atoms with Crippen molar-refractivity contribution in [2.24, 2.45) is 0 Å². The molecule has 1 saturated heterocycles. The van der Waals surface area contributed by atoms with E-state index in [-0.39, 0.29) is 0 Å². The monoisotopic (exact) mass is 287 g/mol.